The van der Waals surface area contributed by atoms with E-state index in [1.807, 2.05) is 31.2 Å². The summed E-state index contributed by atoms with van der Waals surface area (Å²) in [6, 6.07) is 12.1. The Morgan fingerprint density at radius 1 is 1.03 bits per heavy atom. The number of hydrogen-bond acceptors (Lipinski definition) is 6. The molecule has 0 amide bonds. The lowest BCUT2D eigenvalue weighted by atomic mass is 10.00. The lowest BCUT2D eigenvalue weighted by molar-refractivity contribution is 0.192. The second-order valence-electron chi connectivity index (χ2n) is 8.98. The first kappa shape index (κ1) is 24.2. The Kier molecular flexibility index (Phi) is 8.65. The van der Waals surface area contributed by atoms with Crippen LogP contribution in [0.3, 0.4) is 0 Å². The number of likely N-dealkylation sites (N-methyl/N-ethyl adjacent to an activating group) is 1. The standard InChI is InChI=1S/C26H39N3O3/c1-20(2)22-19-24(30)21(3)18-26(22)32-17-16-27(4)10-11-28-12-14-29(15-13-28)23-8-6-7-9-25(23)31-5/h6-9,18-20,30H,10-17H2,1-5H3. The third kappa shape index (κ3) is 6.30. The molecule has 1 aliphatic heterocycles. The number of hydrogen-bond donors (Lipinski definition) is 1. The molecule has 0 radical (unpaired) electrons. The van der Waals surface area contributed by atoms with E-state index in [0.29, 0.717) is 18.3 Å². The van der Waals surface area contributed by atoms with Crippen LogP contribution < -0.4 is 14.4 Å². The second kappa shape index (κ2) is 11.4. The number of phenolic OH excluding ortho intramolecular Hbond substituents is 1. The van der Waals surface area contributed by atoms with Gasteiger partial charge < -0.3 is 24.4 Å². The van der Waals surface area contributed by atoms with Crippen LogP contribution in [0.15, 0.2) is 36.4 Å². The van der Waals surface area contributed by atoms with E-state index in [-0.39, 0.29) is 0 Å². The zero-order valence-electron chi connectivity index (χ0n) is 20.3. The third-order valence-corrected chi connectivity index (χ3v) is 6.28. The van der Waals surface area contributed by atoms with E-state index >= 15 is 0 Å². The fourth-order valence-corrected chi connectivity index (χ4v) is 4.10. The van der Waals surface area contributed by atoms with Gasteiger partial charge in [0.25, 0.3) is 0 Å². The van der Waals surface area contributed by atoms with Crippen molar-refractivity contribution in [2.45, 2.75) is 26.7 Å². The molecule has 2 aromatic carbocycles. The minimum absolute atomic E-state index is 0.309. The largest absolute Gasteiger partial charge is 0.508 e. The van der Waals surface area contributed by atoms with E-state index in [1.165, 1.54) is 5.69 Å². The molecule has 176 valence electrons. The van der Waals surface area contributed by atoms with Gasteiger partial charge in [0, 0.05) is 51.4 Å². The molecule has 1 heterocycles. The first-order valence-corrected chi connectivity index (χ1v) is 11.6. The topological polar surface area (TPSA) is 48.4 Å². The molecule has 6 nitrogen and oxygen atoms in total. The molecular weight excluding hydrogens is 402 g/mol. The van der Waals surface area contributed by atoms with Crippen molar-refractivity contribution in [2.75, 3.05) is 71.5 Å². The average Bonchev–Trinajstić information content (AvgIpc) is 2.80. The lowest BCUT2D eigenvalue weighted by Crippen LogP contribution is -2.48. The van der Waals surface area contributed by atoms with Crippen molar-refractivity contribution in [3.05, 3.63) is 47.5 Å². The maximum atomic E-state index is 10.0. The fourth-order valence-electron chi connectivity index (χ4n) is 4.10. The SMILES string of the molecule is COc1ccccc1N1CCN(CCN(C)CCOc2cc(C)c(O)cc2C(C)C)CC1. The Morgan fingerprint density at radius 3 is 2.44 bits per heavy atom. The van der Waals surface area contributed by atoms with E-state index in [9.17, 15) is 5.11 Å². The number of methoxy groups -OCH3 is 1. The normalized spacial score (nSPS) is 14.9. The van der Waals surface area contributed by atoms with E-state index in [1.54, 1.807) is 7.11 Å². The Morgan fingerprint density at radius 2 is 1.75 bits per heavy atom. The Bertz CT molecular complexity index is 863. The molecule has 0 spiro atoms. The number of para-hydroxylation sites is 2. The molecule has 2 aromatic rings. The molecule has 0 saturated carbocycles. The molecule has 0 aromatic heterocycles. The van der Waals surface area contributed by atoms with Crippen molar-refractivity contribution in [2.24, 2.45) is 0 Å². The van der Waals surface area contributed by atoms with Crippen molar-refractivity contribution in [3.8, 4) is 17.2 Å². The highest BCUT2D eigenvalue weighted by Gasteiger charge is 2.19. The number of anilines is 1. The molecule has 32 heavy (non-hydrogen) atoms. The van der Waals surface area contributed by atoms with E-state index in [2.05, 4.69) is 47.7 Å². The monoisotopic (exact) mass is 441 g/mol. The lowest BCUT2D eigenvalue weighted by Gasteiger charge is -2.37. The summed E-state index contributed by atoms with van der Waals surface area (Å²) in [6.07, 6.45) is 0. The Hall–Kier alpha value is -2.44. The quantitative estimate of drug-likeness (QED) is 0.602. The van der Waals surface area contributed by atoms with Crippen molar-refractivity contribution < 1.29 is 14.6 Å². The van der Waals surface area contributed by atoms with E-state index < -0.39 is 0 Å². The van der Waals surface area contributed by atoms with Gasteiger partial charge in [0.2, 0.25) is 0 Å². The van der Waals surface area contributed by atoms with E-state index in [4.69, 9.17) is 9.47 Å². The summed E-state index contributed by atoms with van der Waals surface area (Å²) in [6.45, 7) is 13.9. The number of ether oxygens (including phenoxy) is 2. The number of aryl methyl sites for hydroxylation is 1. The molecule has 6 heteroatoms. The predicted molar refractivity (Wildman–Crippen MR) is 132 cm³/mol. The third-order valence-electron chi connectivity index (χ3n) is 6.28. The summed E-state index contributed by atoms with van der Waals surface area (Å²) in [7, 11) is 3.89. The molecule has 0 bridgehead atoms. The zero-order chi connectivity index (χ0) is 23.1. The van der Waals surface area contributed by atoms with Crippen LogP contribution in [0.4, 0.5) is 5.69 Å². The van der Waals surface area contributed by atoms with Crippen LogP contribution in [-0.2, 0) is 0 Å². The first-order valence-electron chi connectivity index (χ1n) is 11.6. The summed E-state index contributed by atoms with van der Waals surface area (Å²) in [4.78, 5) is 7.28. The van der Waals surface area contributed by atoms with E-state index in [0.717, 1.165) is 68.4 Å². The van der Waals surface area contributed by atoms with Gasteiger partial charge in [-0.15, -0.1) is 0 Å². The molecule has 1 aliphatic rings. The molecule has 1 N–H and O–H groups in total. The summed E-state index contributed by atoms with van der Waals surface area (Å²) < 4.78 is 11.6. The van der Waals surface area contributed by atoms with Gasteiger partial charge in [0.1, 0.15) is 23.9 Å². The van der Waals surface area contributed by atoms with Gasteiger partial charge in [0.05, 0.1) is 12.8 Å². The Labute approximate surface area is 193 Å². The van der Waals surface area contributed by atoms with Crippen LogP contribution in [0.2, 0.25) is 0 Å². The van der Waals surface area contributed by atoms with Crippen LogP contribution in [-0.4, -0.2) is 81.5 Å². The second-order valence-corrected chi connectivity index (χ2v) is 8.98. The van der Waals surface area contributed by atoms with Gasteiger partial charge in [0.15, 0.2) is 0 Å². The van der Waals surface area contributed by atoms with Crippen molar-refractivity contribution >= 4 is 5.69 Å². The fraction of sp³-hybridized carbons (Fsp3) is 0.538. The van der Waals surface area contributed by atoms with Crippen LogP contribution in [0.5, 0.6) is 17.2 Å². The molecule has 1 fully saturated rings. The summed E-state index contributed by atoms with van der Waals surface area (Å²) >= 11 is 0. The minimum atomic E-state index is 0.309. The maximum absolute atomic E-state index is 10.0. The highest BCUT2D eigenvalue weighted by atomic mass is 16.5. The smallest absolute Gasteiger partial charge is 0.142 e. The van der Waals surface area contributed by atoms with Gasteiger partial charge in [-0.1, -0.05) is 26.0 Å². The number of nitrogens with zero attached hydrogens (tertiary/aromatic N) is 3. The summed E-state index contributed by atoms with van der Waals surface area (Å²) in [5.74, 6) is 2.48. The number of rotatable bonds is 10. The zero-order valence-corrected chi connectivity index (χ0v) is 20.3. The van der Waals surface area contributed by atoms with Gasteiger partial charge in [-0.05, 0) is 49.7 Å². The number of aromatic hydroxyl groups is 1. The van der Waals surface area contributed by atoms with Crippen molar-refractivity contribution in [1.29, 1.82) is 0 Å². The van der Waals surface area contributed by atoms with Crippen LogP contribution in [0.1, 0.15) is 30.9 Å². The number of benzene rings is 2. The maximum Gasteiger partial charge on any atom is 0.142 e. The highest BCUT2D eigenvalue weighted by molar-refractivity contribution is 5.58. The van der Waals surface area contributed by atoms with Gasteiger partial charge >= 0.3 is 0 Å². The average molecular weight is 442 g/mol. The van der Waals surface area contributed by atoms with Gasteiger partial charge in [-0.2, -0.15) is 0 Å². The molecular formula is C26H39N3O3. The Balaban J connectivity index is 1.40. The first-order chi connectivity index (χ1) is 15.4. The van der Waals surface area contributed by atoms with Crippen LogP contribution >= 0.6 is 0 Å². The van der Waals surface area contributed by atoms with Crippen molar-refractivity contribution in [1.82, 2.24) is 9.80 Å². The molecule has 0 atom stereocenters. The van der Waals surface area contributed by atoms with Crippen LogP contribution in [0, 0.1) is 6.92 Å². The van der Waals surface area contributed by atoms with Crippen molar-refractivity contribution in [3.63, 3.8) is 0 Å². The highest BCUT2D eigenvalue weighted by Crippen LogP contribution is 2.32. The number of piperazine rings is 1. The van der Waals surface area contributed by atoms with Gasteiger partial charge in [-0.25, -0.2) is 0 Å². The van der Waals surface area contributed by atoms with Crippen LogP contribution in [0.25, 0.3) is 0 Å². The predicted octanol–water partition coefficient (Wildman–Crippen LogP) is 3.97. The minimum Gasteiger partial charge on any atom is -0.508 e. The molecule has 0 unspecified atom stereocenters. The number of phenols is 1. The summed E-state index contributed by atoms with van der Waals surface area (Å²) in [5, 5.41) is 10.0. The molecule has 0 aliphatic carbocycles. The van der Waals surface area contributed by atoms with Gasteiger partial charge in [-0.3, -0.25) is 4.90 Å². The summed E-state index contributed by atoms with van der Waals surface area (Å²) in [5.41, 5.74) is 3.10. The molecule has 3 rings (SSSR count). The molecule has 1 saturated heterocycles.